The lowest BCUT2D eigenvalue weighted by Gasteiger charge is -2.05. The number of aromatic nitrogens is 7. The molecule has 0 radical (unpaired) electrons. The van der Waals surface area contributed by atoms with Crippen molar-refractivity contribution in [3.05, 3.63) is 59.3 Å². The molecule has 150 valence electrons. The summed E-state index contributed by atoms with van der Waals surface area (Å²) in [7, 11) is 1.92. The van der Waals surface area contributed by atoms with Crippen LogP contribution in [-0.2, 0) is 13.5 Å². The van der Waals surface area contributed by atoms with E-state index in [1.807, 2.05) is 30.2 Å². The molecule has 1 aromatic carbocycles. The third-order valence-electron chi connectivity index (χ3n) is 5.58. The first-order valence-corrected chi connectivity index (χ1v) is 10.9. The van der Waals surface area contributed by atoms with Crippen LogP contribution in [0.1, 0.15) is 35.3 Å². The third-order valence-corrected chi connectivity index (χ3v) is 6.59. The van der Waals surface area contributed by atoms with Crippen molar-refractivity contribution in [3.8, 4) is 11.1 Å². The fourth-order valence-corrected chi connectivity index (χ4v) is 4.99. The Labute approximate surface area is 176 Å². The molecule has 30 heavy (non-hydrogen) atoms. The molecule has 0 amide bonds. The Balaban J connectivity index is 1.33. The van der Waals surface area contributed by atoms with Crippen molar-refractivity contribution in [1.82, 2.24) is 39.9 Å². The van der Waals surface area contributed by atoms with Gasteiger partial charge in [0, 0.05) is 42.4 Å². The molecule has 1 aliphatic heterocycles. The van der Waals surface area contributed by atoms with Crippen molar-refractivity contribution in [2.45, 2.75) is 25.3 Å². The maximum atomic E-state index is 4.80. The Hall–Kier alpha value is -3.17. The average molecular weight is 417 g/mol. The fourth-order valence-electron chi connectivity index (χ4n) is 4.02. The average Bonchev–Trinajstić information content (AvgIpc) is 3.53. The van der Waals surface area contributed by atoms with Gasteiger partial charge in [0.05, 0.1) is 17.8 Å². The molecule has 1 fully saturated rings. The summed E-state index contributed by atoms with van der Waals surface area (Å²) >= 11 is 1.63. The SMILES string of the molecule is Cn1cc(-c2cnc3ccc(Cc4nnc5sc([C@@H]6CCCN6)nn45)cc3c2)cn1. The quantitative estimate of drug-likeness (QED) is 0.484. The Kier molecular flexibility index (Phi) is 4.10. The van der Waals surface area contributed by atoms with Crippen LogP contribution >= 0.6 is 11.3 Å². The number of hydrogen-bond donors (Lipinski definition) is 1. The lowest BCUT2D eigenvalue weighted by Crippen LogP contribution is -2.13. The molecule has 0 bridgehead atoms. The van der Waals surface area contributed by atoms with E-state index in [1.54, 1.807) is 16.0 Å². The second kappa shape index (κ2) is 6.96. The molecule has 6 rings (SSSR count). The molecule has 1 atom stereocenters. The number of fused-ring (bicyclic) bond motifs is 2. The van der Waals surface area contributed by atoms with Gasteiger partial charge in [-0.15, -0.1) is 10.2 Å². The van der Waals surface area contributed by atoms with Crippen LogP contribution in [0.25, 0.3) is 27.0 Å². The van der Waals surface area contributed by atoms with Crippen molar-refractivity contribution in [2.75, 3.05) is 6.54 Å². The zero-order chi connectivity index (χ0) is 20.1. The second-order valence-electron chi connectivity index (χ2n) is 7.73. The Bertz CT molecular complexity index is 1360. The predicted molar refractivity (Wildman–Crippen MR) is 115 cm³/mol. The molecule has 4 aromatic heterocycles. The fraction of sp³-hybridized carbons (Fsp3) is 0.286. The van der Waals surface area contributed by atoms with Crippen LogP contribution in [0.5, 0.6) is 0 Å². The molecule has 0 aliphatic carbocycles. The topological polar surface area (TPSA) is 85.8 Å². The molecule has 1 saturated heterocycles. The van der Waals surface area contributed by atoms with Crippen LogP contribution in [-0.4, -0.2) is 41.1 Å². The van der Waals surface area contributed by atoms with Crippen molar-refractivity contribution < 1.29 is 0 Å². The van der Waals surface area contributed by atoms with Gasteiger partial charge in [0.2, 0.25) is 4.96 Å². The van der Waals surface area contributed by atoms with E-state index in [-0.39, 0.29) is 0 Å². The first kappa shape index (κ1) is 17.7. The molecule has 0 unspecified atom stereocenters. The van der Waals surface area contributed by atoms with E-state index in [0.717, 1.165) is 56.4 Å². The van der Waals surface area contributed by atoms with E-state index in [9.17, 15) is 0 Å². The summed E-state index contributed by atoms with van der Waals surface area (Å²) in [6.45, 7) is 1.06. The molecule has 0 saturated carbocycles. The molecule has 9 heteroatoms. The normalized spacial score (nSPS) is 16.8. The molecule has 0 spiro atoms. The zero-order valence-corrected chi connectivity index (χ0v) is 17.3. The molecule has 5 aromatic rings. The summed E-state index contributed by atoms with van der Waals surface area (Å²) in [5.41, 5.74) is 4.26. The number of benzene rings is 1. The lowest BCUT2D eigenvalue weighted by molar-refractivity contribution is 0.627. The number of nitrogens with one attached hydrogen (secondary N) is 1. The van der Waals surface area contributed by atoms with Crippen LogP contribution in [0.2, 0.25) is 0 Å². The maximum Gasteiger partial charge on any atom is 0.234 e. The van der Waals surface area contributed by atoms with Gasteiger partial charge in [0.25, 0.3) is 0 Å². The number of rotatable bonds is 4. The van der Waals surface area contributed by atoms with E-state index in [0.29, 0.717) is 12.5 Å². The van der Waals surface area contributed by atoms with E-state index in [1.165, 1.54) is 6.42 Å². The highest BCUT2D eigenvalue weighted by Crippen LogP contribution is 2.28. The standard InChI is InChI=1S/C21H20N8S/c1-28-12-16(11-24-28)15-9-14-7-13(4-5-17(14)23-10-15)8-19-25-26-21-29(19)27-20(30-21)18-3-2-6-22-18/h4-5,7,9-12,18,22H,2-3,6,8H2,1H3/t18-/m0/s1. The summed E-state index contributed by atoms with van der Waals surface area (Å²) in [5, 5.41) is 23.5. The zero-order valence-electron chi connectivity index (χ0n) is 16.5. The van der Waals surface area contributed by atoms with E-state index >= 15 is 0 Å². The number of nitrogens with zero attached hydrogens (tertiary/aromatic N) is 7. The first-order valence-electron chi connectivity index (χ1n) is 10.0. The summed E-state index contributed by atoms with van der Waals surface area (Å²) in [6.07, 6.45) is 8.77. The van der Waals surface area contributed by atoms with Crippen LogP contribution in [0.4, 0.5) is 0 Å². The van der Waals surface area contributed by atoms with Crippen LogP contribution in [0.3, 0.4) is 0 Å². The van der Waals surface area contributed by atoms with Crippen molar-refractivity contribution in [2.24, 2.45) is 7.05 Å². The highest BCUT2D eigenvalue weighted by molar-refractivity contribution is 7.16. The largest absolute Gasteiger partial charge is 0.308 e. The number of hydrogen-bond acceptors (Lipinski definition) is 7. The van der Waals surface area contributed by atoms with Gasteiger partial charge in [0.1, 0.15) is 5.01 Å². The molecule has 8 nitrogen and oxygen atoms in total. The van der Waals surface area contributed by atoms with Gasteiger partial charge in [0.15, 0.2) is 5.82 Å². The van der Waals surface area contributed by atoms with Crippen LogP contribution < -0.4 is 5.32 Å². The van der Waals surface area contributed by atoms with Crippen molar-refractivity contribution >= 4 is 27.2 Å². The summed E-state index contributed by atoms with van der Waals surface area (Å²) in [4.78, 5) is 5.47. The van der Waals surface area contributed by atoms with Gasteiger partial charge in [-0.05, 0) is 43.1 Å². The second-order valence-corrected chi connectivity index (χ2v) is 8.72. The van der Waals surface area contributed by atoms with Gasteiger partial charge >= 0.3 is 0 Å². The van der Waals surface area contributed by atoms with Gasteiger partial charge in [-0.3, -0.25) is 9.67 Å². The van der Waals surface area contributed by atoms with E-state index in [4.69, 9.17) is 5.10 Å². The monoisotopic (exact) mass is 416 g/mol. The van der Waals surface area contributed by atoms with Crippen molar-refractivity contribution in [1.29, 1.82) is 0 Å². The summed E-state index contributed by atoms with van der Waals surface area (Å²) in [6, 6.07) is 8.85. The minimum atomic E-state index is 0.349. The van der Waals surface area contributed by atoms with Gasteiger partial charge in [-0.25, -0.2) is 0 Å². The van der Waals surface area contributed by atoms with E-state index in [2.05, 4.69) is 49.9 Å². The third kappa shape index (κ3) is 3.06. The Morgan fingerprint density at radius 3 is 2.97 bits per heavy atom. The lowest BCUT2D eigenvalue weighted by atomic mass is 10.0. The molecular weight excluding hydrogens is 396 g/mol. The molecule has 1 N–H and O–H groups in total. The molecule has 5 heterocycles. The Morgan fingerprint density at radius 2 is 2.13 bits per heavy atom. The maximum absolute atomic E-state index is 4.80. The van der Waals surface area contributed by atoms with Gasteiger partial charge in [-0.1, -0.05) is 17.4 Å². The number of aryl methyl sites for hydroxylation is 1. The molecule has 1 aliphatic rings. The number of pyridine rings is 1. The van der Waals surface area contributed by atoms with Crippen LogP contribution in [0, 0.1) is 0 Å². The molecular formula is C21H20N8S. The highest BCUT2D eigenvalue weighted by Gasteiger charge is 2.22. The Morgan fingerprint density at radius 1 is 1.17 bits per heavy atom. The van der Waals surface area contributed by atoms with Gasteiger partial charge in [-0.2, -0.15) is 14.7 Å². The summed E-state index contributed by atoms with van der Waals surface area (Å²) < 4.78 is 3.70. The van der Waals surface area contributed by atoms with Crippen LogP contribution in [0.15, 0.2) is 42.9 Å². The highest BCUT2D eigenvalue weighted by atomic mass is 32.1. The predicted octanol–water partition coefficient (Wildman–Crippen LogP) is 3.15. The summed E-state index contributed by atoms with van der Waals surface area (Å²) in [5.74, 6) is 0.862. The first-order chi connectivity index (χ1) is 14.7. The smallest absolute Gasteiger partial charge is 0.234 e. The van der Waals surface area contributed by atoms with Gasteiger partial charge < -0.3 is 5.32 Å². The minimum absolute atomic E-state index is 0.349. The van der Waals surface area contributed by atoms with E-state index < -0.39 is 0 Å². The van der Waals surface area contributed by atoms with Crippen molar-refractivity contribution in [3.63, 3.8) is 0 Å². The minimum Gasteiger partial charge on any atom is -0.308 e.